The summed E-state index contributed by atoms with van der Waals surface area (Å²) in [6.45, 7) is 0. The lowest BCUT2D eigenvalue weighted by molar-refractivity contribution is -0.110. The lowest BCUT2D eigenvalue weighted by Gasteiger charge is -2.04. The van der Waals surface area contributed by atoms with Crippen LogP contribution in [0.15, 0.2) is 12.1 Å². The average Bonchev–Trinajstić information content (AvgIpc) is 2.73. The maximum Gasteiger partial charge on any atom is 0.207 e. The van der Waals surface area contributed by atoms with Crippen LogP contribution >= 0.6 is 0 Å². The van der Waals surface area contributed by atoms with Gasteiger partial charge in [-0.1, -0.05) is 12.1 Å². The van der Waals surface area contributed by atoms with Crippen LogP contribution in [-0.4, -0.2) is 12.5 Å². The summed E-state index contributed by atoms with van der Waals surface area (Å²) in [5.41, 5.74) is 5.89. The zero-order chi connectivity index (χ0) is 8.84. The van der Waals surface area contributed by atoms with E-state index in [1.165, 1.54) is 28.7 Å². The molecule has 0 atom stereocenters. The molecule has 2 aliphatic carbocycles. The van der Waals surface area contributed by atoms with Crippen molar-refractivity contribution in [3.05, 3.63) is 34.4 Å². The van der Waals surface area contributed by atoms with E-state index in [2.05, 4.69) is 17.4 Å². The molecular weight excluding hydrogens is 162 g/mol. The standard InChI is InChI=1S/C11H11NO/c13-6-12-11-4-9-2-7-1-8(7)3-10(9)5-11/h2-3,6,11H,1,4-5H2,(H,12,13). The van der Waals surface area contributed by atoms with Crippen molar-refractivity contribution in [1.82, 2.24) is 5.32 Å². The van der Waals surface area contributed by atoms with Gasteiger partial charge in [-0.25, -0.2) is 0 Å². The summed E-state index contributed by atoms with van der Waals surface area (Å²) in [6, 6.07) is 4.95. The third-order valence-electron chi connectivity index (χ3n) is 3.01. The highest BCUT2D eigenvalue weighted by molar-refractivity contribution is 5.54. The monoisotopic (exact) mass is 173 g/mol. The van der Waals surface area contributed by atoms with Gasteiger partial charge in [-0.15, -0.1) is 0 Å². The van der Waals surface area contributed by atoms with E-state index in [1.54, 1.807) is 0 Å². The first kappa shape index (κ1) is 7.13. The summed E-state index contributed by atoms with van der Waals surface area (Å²) in [5.74, 6) is 0. The predicted octanol–water partition coefficient (Wildman–Crippen LogP) is 0.804. The number of carbonyl (C=O) groups excluding carboxylic acids is 1. The molecule has 0 bridgehead atoms. The number of carbonyl (C=O) groups is 1. The zero-order valence-corrected chi connectivity index (χ0v) is 7.34. The topological polar surface area (TPSA) is 29.1 Å². The van der Waals surface area contributed by atoms with Crippen molar-refractivity contribution in [2.45, 2.75) is 25.3 Å². The van der Waals surface area contributed by atoms with Gasteiger partial charge in [-0.2, -0.15) is 0 Å². The molecule has 2 nitrogen and oxygen atoms in total. The first-order chi connectivity index (χ1) is 6.36. The summed E-state index contributed by atoms with van der Waals surface area (Å²) in [6.07, 6.45) is 4.03. The summed E-state index contributed by atoms with van der Waals surface area (Å²) in [7, 11) is 0. The minimum absolute atomic E-state index is 0.341. The molecule has 0 unspecified atom stereocenters. The van der Waals surface area contributed by atoms with Crippen LogP contribution in [0.4, 0.5) is 0 Å². The Hall–Kier alpha value is -1.31. The molecule has 66 valence electrons. The molecule has 2 heteroatoms. The van der Waals surface area contributed by atoms with Gasteiger partial charge in [0.1, 0.15) is 0 Å². The van der Waals surface area contributed by atoms with Crippen molar-refractivity contribution in [1.29, 1.82) is 0 Å². The molecule has 0 saturated heterocycles. The van der Waals surface area contributed by atoms with Crippen molar-refractivity contribution in [3.63, 3.8) is 0 Å². The minimum atomic E-state index is 0.341. The molecule has 0 radical (unpaired) electrons. The first-order valence-electron chi connectivity index (χ1n) is 4.70. The number of rotatable bonds is 2. The van der Waals surface area contributed by atoms with Crippen LogP contribution < -0.4 is 5.32 Å². The van der Waals surface area contributed by atoms with Gasteiger partial charge >= 0.3 is 0 Å². The lowest BCUT2D eigenvalue weighted by Crippen LogP contribution is -2.27. The molecule has 1 aromatic rings. The molecule has 1 aromatic carbocycles. The van der Waals surface area contributed by atoms with Crippen molar-refractivity contribution >= 4 is 6.41 Å². The van der Waals surface area contributed by atoms with Gasteiger partial charge in [-0.3, -0.25) is 4.79 Å². The van der Waals surface area contributed by atoms with E-state index in [9.17, 15) is 4.79 Å². The Morgan fingerprint density at radius 1 is 1.15 bits per heavy atom. The third-order valence-corrected chi connectivity index (χ3v) is 3.01. The third kappa shape index (κ3) is 1.05. The van der Waals surface area contributed by atoms with E-state index in [4.69, 9.17) is 0 Å². The Balaban J connectivity index is 1.89. The van der Waals surface area contributed by atoms with Crippen LogP contribution in [0.25, 0.3) is 0 Å². The van der Waals surface area contributed by atoms with Crippen LogP contribution in [0, 0.1) is 0 Å². The molecule has 0 fully saturated rings. The van der Waals surface area contributed by atoms with E-state index in [1.807, 2.05) is 0 Å². The van der Waals surface area contributed by atoms with E-state index in [0.29, 0.717) is 6.04 Å². The summed E-state index contributed by atoms with van der Waals surface area (Å²) >= 11 is 0. The van der Waals surface area contributed by atoms with Gasteiger partial charge in [0.05, 0.1) is 0 Å². The maximum absolute atomic E-state index is 10.3. The molecule has 2 aliphatic rings. The Bertz CT molecular complexity index is 353. The zero-order valence-electron chi connectivity index (χ0n) is 7.34. The molecule has 1 amide bonds. The van der Waals surface area contributed by atoms with E-state index in [0.717, 1.165) is 19.3 Å². The van der Waals surface area contributed by atoms with E-state index in [-0.39, 0.29) is 0 Å². The summed E-state index contributed by atoms with van der Waals surface area (Å²) in [5, 5.41) is 2.85. The van der Waals surface area contributed by atoms with Crippen molar-refractivity contribution < 1.29 is 4.79 Å². The van der Waals surface area contributed by atoms with Crippen LogP contribution in [0.3, 0.4) is 0 Å². The predicted molar refractivity (Wildman–Crippen MR) is 49.6 cm³/mol. The second kappa shape index (κ2) is 2.34. The maximum atomic E-state index is 10.3. The van der Waals surface area contributed by atoms with Crippen LogP contribution in [0.5, 0.6) is 0 Å². The largest absolute Gasteiger partial charge is 0.355 e. The molecule has 0 aromatic heterocycles. The van der Waals surface area contributed by atoms with Crippen LogP contribution in [-0.2, 0) is 24.1 Å². The molecule has 0 saturated carbocycles. The molecule has 3 rings (SSSR count). The summed E-state index contributed by atoms with van der Waals surface area (Å²) in [4.78, 5) is 10.3. The first-order valence-corrected chi connectivity index (χ1v) is 4.70. The SMILES string of the molecule is O=CNC1Cc2cc3c(cc2C1)C3. The quantitative estimate of drug-likeness (QED) is 0.669. The lowest BCUT2D eigenvalue weighted by atomic mass is 10.1. The van der Waals surface area contributed by atoms with Gasteiger partial charge < -0.3 is 5.32 Å². The molecule has 1 N–H and O–H groups in total. The number of amides is 1. The normalized spacial score (nSPS) is 17.8. The second-order valence-corrected chi connectivity index (χ2v) is 3.96. The Morgan fingerprint density at radius 2 is 1.77 bits per heavy atom. The number of nitrogens with one attached hydrogen (secondary N) is 1. The Morgan fingerprint density at radius 3 is 2.31 bits per heavy atom. The van der Waals surface area contributed by atoms with Gasteiger partial charge in [0, 0.05) is 6.04 Å². The molecule has 0 aliphatic heterocycles. The van der Waals surface area contributed by atoms with Crippen molar-refractivity contribution in [2.75, 3.05) is 0 Å². The average molecular weight is 173 g/mol. The fourth-order valence-electron chi connectivity index (χ4n) is 2.25. The number of benzene rings is 1. The smallest absolute Gasteiger partial charge is 0.207 e. The van der Waals surface area contributed by atoms with Gasteiger partial charge in [0.2, 0.25) is 6.41 Å². The highest BCUT2D eigenvalue weighted by Gasteiger charge is 2.26. The van der Waals surface area contributed by atoms with E-state index < -0.39 is 0 Å². The molecule has 0 spiro atoms. The van der Waals surface area contributed by atoms with Gasteiger partial charge in [0.15, 0.2) is 0 Å². The minimum Gasteiger partial charge on any atom is -0.355 e. The Kier molecular flexibility index (Phi) is 1.29. The number of hydrogen-bond donors (Lipinski definition) is 1. The number of hydrogen-bond acceptors (Lipinski definition) is 1. The van der Waals surface area contributed by atoms with E-state index >= 15 is 0 Å². The van der Waals surface area contributed by atoms with Crippen LogP contribution in [0.2, 0.25) is 0 Å². The fourth-order valence-corrected chi connectivity index (χ4v) is 2.25. The van der Waals surface area contributed by atoms with Crippen LogP contribution in [0.1, 0.15) is 22.3 Å². The number of fused-ring (bicyclic) bond motifs is 2. The highest BCUT2D eigenvalue weighted by atomic mass is 16.1. The summed E-state index contributed by atoms with van der Waals surface area (Å²) < 4.78 is 0. The molecule has 0 heterocycles. The van der Waals surface area contributed by atoms with Gasteiger partial charge in [-0.05, 0) is 41.5 Å². The molecular formula is C11H11NO. The van der Waals surface area contributed by atoms with Gasteiger partial charge in [0.25, 0.3) is 0 Å². The molecule has 13 heavy (non-hydrogen) atoms. The van der Waals surface area contributed by atoms with Crippen molar-refractivity contribution in [2.24, 2.45) is 0 Å². The second-order valence-electron chi connectivity index (χ2n) is 3.96. The fraction of sp³-hybridized carbons (Fsp3) is 0.364. The Labute approximate surface area is 77.0 Å². The van der Waals surface area contributed by atoms with Crippen molar-refractivity contribution in [3.8, 4) is 0 Å². The highest BCUT2D eigenvalue weighted by Crippen LogP contribution is 2.34.